The third-order valence-electron chi connectivity index (χ3n) is 5.31. The molecule has 0 aliphatic rings. The Morgan fingerprint density at radius 1 is 1.11 bits per heavy atom. The van der Waals surface area contributed by atoms with E-state index in [2.05, 4.69) is 14.9 Å². The van der Waals surface area contributed by atoms with Crippen LogP contribution < -0.4 is 15.0 Å². The summed E-state index contributed by atoms with van der Waals surface area (Å²) >= 11 is 2.77. The lowest BCUT2D eigenvalue weighted by Crippen LogP contribution is -2.15. The van der Waals surface area contributed by atoms with Gasteiger partial charge in [0.15, 0.2) is 11.6 Å². The summed E-state index contributed by atoms with van der Waals surface area (Å²) in [5.41, 5.74) is 1.93. The van der Waals surface area contributed by atoms with Gasteiger partial charge in [-0.1, -0.05) is 18.9 Å². The van der Waals surface area contributed by atoms with Gasteiger partial charge in [-0.05, 0) is 36.4 Å². The second kappa shape index (κ2) is 9.75. The number of aromatic nitrogens is 3. The molecule has 0 atom stereocenters. The monoisotopic (exact) mass is 526 g/mol. The highest BCUT2D eigenvalue weighted by Gasteiger charge is 2.20. The van der Waals surface area contributed by atoms with Crippen LogP contribution in [0.3, 0.4) is 0 Å². The van der Waals surface area contributed by atoms with Crippen molar-refractivity contribution in [1.29, 1.82) is 0 Å². The summed E-state index contributed by atoms with van der Waals surface area (Å²) in [5, 5.41) is 8.63. The van der Waals surface area contributed by atoms with Gasteiger partial charge in [-0.2, -0.15) is 0 Å². The number of thiophene rings is 1. The summed E-state index contributed by atoms with van der Waals surface area (Å²) in [4.78, 5) is 13.6. The molecule has 5 rings (SSSR count). The lowest BCUT2D eigenvalue weighted by Gasteiger charge is -2.16. The van der Waals surface area contributed by atoms with Crippen LogP contribution in [0.15, 0.2) is 57.9 Å². The van der Waals surface area contributed by atoms with E-state index in [1.807, 2.05) is 25.1 Å². The molecule has 0 aliphatic heterocycles. The van der Waals surface area contributed by atoms with Crippen LogP contribution in [0, 0.1) is 18.6 Å². The molecule has 0 bridgehead atoms. The second-order valence-corrected chi connectivity index (χ2v) is 9.98. The van der Waals surface area contributed by atoms with E-state index in [0.29, 0.717) is 43.6 Å². The summed E-state index contributed by atoms with van der Waals surface area (Å²) in [6.45, 7) is 3.72. The normalized spacial score (nSPS) is 11.2. The summed E-state index contributed by atoms with van der Waals surface area (Å²) in [6.07, 6.45) is 1.71. The molecule has 11 heteroatoms. The number of fused-ring (bicyclic) bond motifs is 1. The number of hydrogen-bond acceptors (Lipinski definition) is 8. The molecule has 0 spiro atoms. The lowest BCUT2D eigenvalue weighted by atomic mass is 10.0. The summed E-state index contributed by atoms with van der Waals surface area (Å²) in [6, 6.07) is 10.4. The predicted molar refractivity (Wildman–Crippen MR) is 139 cm³/mol. The van der Waals surface area contributed by atoms with Gasteiger partial charge in [0.2, 0.25) is 5.89 Å². The zero-order chi connectivity index (χ0) is 25.4. The molecule has 2 aromatic carbocycles. The second-order valence-electron chi connectivity index (χ2n) is 7.86. The molecule has 7 nitrogen and oxygen atoms in total. The van der Waals surface area contributed by atoms with Gasteiger partial charge >= 0.3 is 0 Å². The Bertz CT molecular complexity index is 1640. The molecule has 0 fully saturated rings. The molecule has 0 saturated heterocycles. The van der Waals surface area contributed by atoms with E-state index < -0.39 is 11.6 Å². The summed E-state index contributed by atoms with van der Waals surface area (Å²) in [5.74, 6) is 0.290. The Balaban J connectivity index is 1.71. The Kier molecular flexibility index (Phi) is 6.50. The zero-order valence-corrected chi connectivity index (χ0v) is 21.1. The van der Waals surface area contributed by atoms with E-state index in [1.165, 1.54) is 33.9 Å². The van der Waals surface area contributed by atoms with Crippen molar-refractivity contribution in [1.82, 2.24) is 14.8 Å². The van der Waals surface area contributed by atoms with Gasteiger partial charge in [-0.3, -0.25) is 4.79 Å². The topological polar surface area (TPSA) is 82.2 Å². The first kappa shape index (κ1) is 24.0. The number of nitrogens with one attached hydrogen (secondary N) is 1. The first-order valence-corrected chi connectivity index (χ1v) is 12.7. The van der Waals surface area contributed by atoms with E-state index in [9.17, 15) is 13.6 Å². The van der Waals surface area contributed by atoms with Gasteiger partial charge in [0.25, 0.3) is 11.4 Å². The van der Waals surface area contributed by atoms with Crippen LogP contribution in [0.4, 0.5) is 14.5 Å². The van der Waals surface area contributed by atoms with E-state index >= 15 is 0 Å². The third-order valence-corrected chi connectivity index (χ3v) is 7.09. The Labute approximate surface area is 212 Å². The predicted octanol–water partition coefficient (Wildman–Crippen LogP) is 6.78. The number of pyridine rings is 1. The first-order chi connectivity index (χ1) is 17.3. The van der Waals surface area contributed by atoms with Gasteiger partial charge in [0.05, 0.1) is 4.88 Å². The fourth-order valence-corrected chi connectivity index (χ4v) is 5.19. The van der Waals surface area contributed by atoms with E-state index in [-0.39, 0.29) is 11.3 Å². The molecule has 1 N–H and O–H groups in total. The SMILES string of the molecule is CCSNc1ccc(Oc2ccc(F)cc2F)c(-c2cn(C)c(=O)c3sc(-c4nnc(C)o4)cc23)c1. The number of aryl methyl sites for hydroxylation is 2. The number of benzene rings is 2. The molecule has 0 amide bonds. The van der Waals surface area contributed by atoms with Crippen LogP contribution in [0.1, 0.15) is 12.8 Å². The number of halogens is 2. The minimum atomic E-state index is -0.820. The third kappa shape index (κ3) is 4.59. The largest absolute Gasteiger partial charge is 0.454 e. The van der Waals surface area contributed by atoms with Crippen molar-refractivity contribution in [2.24, 2.45) is 7.05 Å². The van der Waals surface area contributed by atoms with Gasteiger partial charge in [-0.15, -0.1) is 21.5 Å². The lowest BCUT2D eigenvalue weighted by molar-refractivity contribution is 0.439. The van der Waals surface area contributed by atoms with Crippen molar-refractivity contribution in [3.63, 3.8) is 0 Å². The molecule has 0 radical (unpaired) electrons. The molecular weight excluding hydrogens is 506 g/mol. The van der Waals surface area contributed by atoms with Crippen LogP contribution >= 0.6 is 23.3 Å². The van der Waals surface area contributed by atoms with Crippen LogP contribution in [0.5, 0.6) is 11.5 Å². The average Bonchev–Trinajstić information content (AvgIpc) is 3.49. The van der Waals surface area contributed by atoms with Gasteiger partial charge in [0.1, 0.15) is 16.3 Å². The zero-order valence-electron chi connectivity index (χ0n) is 19.5. The van der Waals surface area contributed by atoms with Crippen molar-refractivity contribution in [3.05, 3.63) is 76.5 Å². The van der Waals surface area contributed by atoms with Crippen molar-refractivity contribution in [2.45, 2.75) is 13.8 Å². The van der Waals surface area contributed by atoms with Crippen LogP contribution in [0.2, 0.25) is 0 Å². The smallest absolute Gasteiger partial charge is 0.268 e. The van der Waals surface area contributed by atoms with Gasteiger partial charge in [0, 0.05) is 54.2 Å². The van der Waals surface area contributed by atoms with E-state index in [0.717, 1.165) is 23.6 Å². The fraction of sp³-hybridized carbons (Fsp3) is 0.160. The highest BCUT2D eigenvalue weighted by Crippen LogP contribution is 2.42. The van der Waals surface area contributed by atoms with Crippen molar-refractivity contribution >= 4 is 39.1 Å². The minimum absolute atomic E-state index is 0.116. The number of ether oxygens (including phenoxy) is 1. The van der Waals surface area contributed by atoms with Crippen LogP contribution in [-0.4, -0.2) is 20.5 Å². The number of hydrogen-bond donors (Lipinski definition) is 1. The molecule has 3 aromatic heterocycles. The maximum atomic E-state index is 14.4. The number of nitrogens with zero attached hydrogens (tertiary/aromatic N) is 3. The minimum Gasteiger partial charge on any atom is -0.454 e. The molecule has 3 heterocycles. The summed E-state index contributed by atoms with van der Waals surface area (Å²) in [7, 11) is 1.66. The van der Waals surface area contributed by atoms with Crippen LogP contribution in [-0.2, 0) is 7.05 Å². The van der Waals surface area contributed by atoms with Gasteiger partial charge in [-0.25, -0.2) is 8.78 Å². The number of rotatable bonds is 7. The van der Waals surface area contributed by atoms with Crippen LogP contribution in [0.25, 0.3) is 32.0 Å². The fourth-order valence-electron chi connectivity index (χ4n) is 3.67. The molecule has 0 aliphatic carbocycles. The Morgan fingerprint density at radius 3 is 2.64 bits per heavy atom. The van der Waals surface area contributed by atoms with Gasteiger partial charge < -0.3 is 18.4 Å². The van der Waals surface area contributed by atoms with Crippen molar-refractivity contribution in [2.75, 3.05) is 10.5 Å². The molecule has 0 unspecified atom stereocenters. The Morgan fingerprint density at radius 2 is 1.92 bits per heavy atom. The summed E-state index contributed by atoms with van der Waals surface area (Å²) < 4.78 is 44.6. The van der Waals surface area contributed by atoms with Crippen molar-refractivity contribution in [3.8, 4) is 33.4 Å². The molecule has 36 heavy (non-hydrogen) atoms. The van der Waals surface area contributed by atoms with E-state index in [4.69, 9.17) is 9.15 Å². The highest BCUT2D eigenvalue weighted by atomic mass is 32.2. The highest BCUT2D eigenvalue weighted by molar-refractivity contribution is 8.00. The Hall–Kier alpha value is -3.70. The molecule has 0 saturated carbocycles. The first-order valence-electron chi connectivity index (χ1n) is 10.9. The maximum absolute atomic E-state index is 14.4. The quantitative estimate of drug-likeness (QED) is 0.234. The average molecular weight is 527 g/mol. The molecular formula is C25H20F2N4O3S2. The van der Waals surface area contributed by atoms with E-state index in [1.54, 1.807) is 26.2 Å². The maximum Gasteiger partial charge on any atom is 0.268 e. The van der Waals surface area contributed by atoms with Crippen molar-refractivity contribution < 1.29 is 17.9 Å². The number of anilines is 1. The molecule has 5 aromatic rings. The standard InChI is InChI=1S/C25H20F2N4O3S2/c1-4-35-30-15-6-8-20(34-21-7-5-14(26)9-19(21)27)16(10-15)18-12-31(3)25(32)23-17(18)11-22(36-23)24-29-28-13(2)33-24/h5-12,30H,4H2,1-3H3. The molecule has 184 valence electrons.